The number of nitrogens with zero attached hydrogens (tertiary/aromatic N) is 1. The van der Waals surface area contributed by atoms with Gasteiger partial charge in [0.15, 0.2) is 0 Å². The zero-order valence-corrected chi connectivity index (χ0v) is 8.07. The summed E-state index contributed by atoms with van der Waals surface area (Å²) in [4.78, 5) is 24.6. The molecule has 1 aromatic rings. The van der Waals surface area contributed by atoms with Gasteiger partial charge in [0.05, 0.1) is 6.04 Å². The monoisotopic (exact) mass is 197 g/mol. The molecule has 0 aliphatic carbocycles. The Balaban J connectivity index is 3.35. The first-order valence-corrected chi connectivity index (χ1v) is 4.17. The van der Waals surface area contributed by atoms with E-state index >= 15 is 0 Å². The topological polar surface area (TPSA) is 106 Å². The SMILES string of the molecule is CC(C)[n+]1c[nH]c(C(N)=O)c1C(N)=O. The molecule has 1 rings (SSSR count). The molecule has 0 aromatic carbocycles. The van der Waals surface area contributed by atoms with Crippen molar-refractivity contribution in [3.63, 3.8) is 0 Å². The molecule has 0 spiro atoms. The van der Waals surface area contributed by atoms with Crippen LogP contribution in [0.15, 0.2) is 6.33 Å². The summed E-state index contributed by atoms with van der Waals surface area (Å²) < 4.78 is 1.57. The van der Waals surface area contributed by atoms with Crippen molar-refractivity contribution in [3.05, 3.63) is 17.7 Å². The first-order valence-electron chi connectivity index (χ1n) is 4.17. The number of carbonyl (C=O) groups is 2. The maximum atomic E-state index is 11.1. The van der Waals surface area contributed by atoms with Crippen LogP contribution in [0.4, 0.5) is 0 Å². The van der Waals surface area contributed by atoms with E-state index in [4.69, 9.17) is 11.5 Å². The number of aromatic amines is 1. The Bertz CT molecular complexity index is 381. The summed E-state index contributed by atoms with van der Waals surface area (Å²) >= 11 is 0. The molecule has 0 saturated heterocycles. The average Bonchev–Trinajstić information content (AvgIpc) is 2.46. The summed E-state index contributed by atoms with van der Waals surface area (Å²) in [5, 5.41) is 0. The van der Waals surface area contributed by atoms with Crippen molar-refractivity contribution in [2.75, 3.05) is 0 Å². The van der Waals surface area contributed by atoms with Crippen LogP contribution in [-0.4, -0.2) is 16.8 Å². The molecule has 0 aliphatic heterocycles. The van der Waals surface area contributed by atoms with Crippen molar-refractivity contribution >= 4 is 11.8 Å². The second kappa shape index (κ2) is 3.49. The molecule has 76 valence electrons. The Hall–Kier alpha value is -1.85. The second-order valence-electron chi connectivity index (χ2n) is 3.23. The van der Waals surface area contributed by atoms with Crippen LogP contribution in [-0.2, 0) is 0 Å². The fraction of sp³-hybridized carbons (Fsp3) is 0.375. The van der Waals surface area contributed by atoms with Crippen LogP contribution < -0.4 is 16.0 Å². The fourth-order valence-electron chi connectivity index (χ4n) is 1.24. The summed E-state index contributed by atoms with van der Waals surface area (Å²) in [5.41, 5.74) is 10.4. The summed E-state index contributed by atoms with van der Waals surface area (Å²) in [5.74, 6) is -1.37. The lowest BCUT2D eigenvalue weighted by Gasteiger charge is -2.01. The van der Waals surface area contributed by atoms with E-state index in [1.165, 1.54) is 6.33 Å². The van der Waals surface area contributed by atoms with Crippen molar-refractivity contribution in [3.8, 4) is 0 Å². The molecule has 0 fully saturated rings. The standard InChI is InChI=1S/C8H12N4O2/c1-4(2)12-3-11-5(7(9)13)6(12)8(10)14/h3-4H,1-2H3,(H4,9,10,13,14)/p+1. The molecule has 0 unspecified atom stereocenters. The van der Waals surface area contributed by atoms with Crippen LogP contribution in [0.25, 0.3) is 0 Å². The highest BCUT2D eigenvalue weighted by Gasteiger charge is 2.27. The quantitative estimate of drug-likeness (QED) is 0.545. The number of primary amides is 2. The summed E-state index contributed by atoms with van der Waals surface area (Å²) in [6.45, 7) is 3.73. The number of nitrogens with two attached hydrogens (primary N) is 2. The molecule has 1 heterocycles. The van der Waals surface area contributed by atoms with Crippen molar-refractivity contribution in [1.29, 1.82) is 0 Å². The van der Waals surface area contributed by atoms with Crippen LogP contribution in [0.1, 0.15) is 40.9 Å². The molecular formula is C8H13N4O2+. The lowest BCUT2D eigenvalue weighted by molar-refractivity contribution is -0.716. The zero-order valence-electron chi connectivity index (χ0n) is 8.07. The van der Waals surface area contributed by atoms with E-state index in [9.17, 15) is 9.59 Å². The molecule has 1 aromatic heterocycles. The Morgan fingerprint density at radius 3 is 2.29 bits per heavy atom. The Kier molecular flexibility index (Phi) is 2.55. The molecule has 0 bridgehead atoms. The third-order valence-electron chi connectivity index (χ3n) is 1.88. The van der Waals surface area contributed by atoms with E-state index in [0.717, 1.165) is 0 Å². The highest BCUT2D eigenvalue weighted by atomic mass is 16.2. The molecule has 0 saturated carbocycles. The van der Waals surface area contributed by atoms with Gasteiger partial charge >= 0.3 is 0 Å². The number of aromatic nitrogens is 2. The van der Waals surface area contributed by atoms with E-state index in [2.05, 4.69) is 4.98 Å². The number of hydrogen-bond donors (Lipinski definition) is 3. The Morgan fingerprint density at radius 2 is 1.93 bits per heavy atom. The molecule has 0 aliphatic rings. The third kappa shape index (κ3) is 1.59. The van der Waals surface area contributed by atoms with Crippen molar-refractivity contribution in [1.82, 2.24) is 4.98 Å². The van der Waals surface area contributed by atoms with Crippen molar-refractivity contribution in [2.24, 2.45) is 11.5 Å². The van der Waals surface area contributed by atoms with Crippen LogP contribution >= 0.6 is 0 Å². The Morgan fingerprint density at radius 1 is 1.36 bits per heavy atom. The zero-order chi connectivity index (χ0) is 10.9. The van der Waals surface area contributed by atoms with Gasteiger partial charge in [0.1, 0.15) is 0 Å². The molecule has 2 amide bonds. The first kappa shape index (κ1) is 10.2. The molecular weight excluding hydrogens is 184 g/mol. The third-order valence-corrected chi connectivity index (χ3v) is 1.88. The summed E-state index contributed by atoms with van der Waals surface area (Å²) in [6.07, 6.45) is 1.50. The number of nitrogens with one attached hydrogen (secondary N) is 1. The number of imidazole rings is 1. The second-order valence-corrected chi connectivity index (χ2v) is 3.23. The van der Waals surface area contributed by atoms with Gasteiger partial charge in [-0.05, 0) is 13.8 Å². The lowest BCUT2D eigenvalue weighted by Crippen LogP contribution is -2.43. The van der Waals surface area contributed by atoms with Gasteiger partial charge in [-0.3, -0.25) is 9.59 Å². The highest BCUT2D eigenvalue weighted by molar-refractivity contribution is 6.02. The van der Waals surface area contributed by atoms with Crippen molar-refractivity contribution in [2.45, 2.75) is 19.9 Å². The van der Waals surface area contributed by atoms with Crippen LogP contribution in [0, 0.1) is 0 Å². The minimum Gasteiger partial charge on any atom is -0.362 e. The first-order chi connectivity index (χ1) is 6.45. The molecule has 6 heteroatoms. The van der Waals surface area contributed by atoms with E-state index in [0.29, 0.717) is 0 Å². The van der Waals surface area contributed by atoms with Gasteiger partial charge in [-0.2, -0.15) is 0 Å². The predicted molar refractivity (Wildman–Crippen MR) is 48.4 cm³/mol. The van der Waals surface area contributed by atoms with Gasteiger partial charge in [0.25, 0.3) is 11.8 Å². The largest absolute Gasteiger partial charge is 0.362 e. The normalized spacial score (nSPS) is 10.5. The molecule has 5 N–H and O–H groups in total. The number of rotatable bonds is 3. The predicted octanol–water partition coefficient (Wildman–Crippen LogP) is -0.919. The number of hydrogen-bond acceptors (Lipinski definition) is 2. The fourth-order valence-corrected chi connectivity index (χ4v) is 1.24. The minimum atomic E-state index is -0.696. The van der Waals surface area contributed by atoms with Gasteiger partial charge in [0, 0.05) is 0 Å². The van der Waals surface area contributed by atoms with E-state index in [1.54, 1.807) is 4.57 Å². The maximum absolute atomic E-state index is 11.1. The molecule has 14 heavy (non-hydrogen) atoms. The van der Waals surface area contributed by atoms with Crippen LogP contribution in [0.5, 0.6) is 0 Å². The van der Waals surface area contributed by atoms with Crippen molar-refractivity contribution < 1.29 is 14.2 Å². The van der Waals surface area contributed by atoms with Gasteiger partial charge in [0.2, 0.25) is 17.7 Å². The lowest BCUT2D eigenvalue weighted by atomic mass is 10.2. The number of carbonyl (C=O) groups excluding carboxylic acids is 2. The molecule has 0 atom stereocenters. The van der Waals surface area contributed by atoms with Crippen LogP contribution in [0.2, 0.25) is 0 Å². The van der Waals surface area contributed by atoms with Crippen LogP contribution in [0.3, 0.4) is 0 Å². The Labute approximate surface area is 80.9 Å². The van der Waals surface area contributed by atoms with Gasteiger partial charge < -0.3 is 11.5 Å². The average molecular weight is 197 g/mol. The minimum absolute atomic E-state index is 0.0295. The van der Waals surface area contributed by atoms with E-state index < -0.39 is 11.8 Å². The van der Waals surface area contributed by atoms with Gasteiger partial charge in [-0.25, -0.2) is 9.55 Å². The van der Waals surface area contributed by atoms with Gasteiger partial charge in [-0.15, -0.1) is 0 Å². The summed E-state index contributed by atoms with van der Waals surface area (Å²) in [6, 6.07) is 0.0295. The van der Waals surface area contributed by atoms with E-state index in [1.807, 2.05) is 13.8 Å². The number of H-pyrrole nitrogens is 1. The molecule has 6 nitrogen and oxygen atoms in total. The smallest absolute Gasteiger partial charge is 0.293 e. The summed E-state index contributed by atoms with van der Waals surface area (Å²) in [7, 11) is 0. The highest BCUT2D eigenvalue weighted by Crippen LogP contribution is 2.02. The van der Waals surface area contributed by atoms with Gasteiger partial charge in [-0.1, -0.05) is 0 Å². The number of amides is 2. The maximum Gasteiger partial charge on any atom is 0.293 e. The van der Waals surface area contributed by atoms with E-state index in [-0.39, 0.29) is 17.4 Å². The molecule has 0 radical (unpaired) electrons.